The van der Waals surface area contributed by atoms with Crippen molar-refractivity contribution in [3.63, 3.8) is 0 Å². The lowest BCUT2D eigenvalue weighted by Crippen LogP contribution is -2.31. The molecule has 0 unspecified atom stereocenters. The van der Waals surface area contributed by atoms with Crippen LogP contribution in [0.4, 0.5) is 5.95 Å². The van der Waals surface area contributed by atoms with E-state index in [1.54, 1.807) is 19.4 Å². The van der Waals surface area contributed by atoms with Crippen molar-refractivity contribution in [2.45, 2.75) is 52.9 Å². The maximum atomic E-state index is 9.52. The Kier molecular flexibility index (Phi) is 7.13. The molecule has 0 amide bonds. The van der Waals surface area contributed by atoms with E-state index >= 15 is 0 Å². The van der Waals surface area contributed by atoms with E-state index in [0.29, 0.717) is 40.7 Å². The van der Waals surface area contributed by atoms with E-state index in [1.807, 2.05) is 12.1 Å². The summed E-state index contributed by atoms with van der Waals surface area (Å²) in [5.74, 6) is 2.41. The zero-order valence-corrected chi connectivity index (χ0v) is 18.9. The van der Waals surface area contributed by atoms with Crippen LogP contribution in [0, 0.1) is 39.9 Å². The fourth-order valence-corrected chi connectivity index (χ4v) is 4.42. The maximum absolute atomic E-state index is 9.52. The standard InChI is InChI=1S/C25H31N5O/c1-17-5-6-19(13-25(17,2)3)11-22-21(15-27)16-29-24(30-22)28-10-9-18-7-8-20(14-26)23(12-18)31-4/h7-8,12,16-17,19H,5-6,9-11,13H2,1-4H3,(H,28,29,30)/t17-,19-/m0/s1. The Labute approximate surface area is 185 Å². The highest BCUT2D eigenvalue weighted by Gasteiger charge is 2.34. The number of hydrogen-bond acceptors (Lipinski definition) is 6. The van der Waals surface area contributed by atoms with Crippen LogP contribution in [0.25, 0.3) is 0 Å². The summed E-state index contributed by atoms with van der Waals surface area (Å²) >= 11 is 0. The molecule has 2 atom stereocenters. The molecule has 1 aromatic heterocycles. The van der Waals surface area contributed by atoms with Crippen molar-refractivity contribution in [1.82, 2.24) is 9.97 Å². The molecule has 1 N–H and O–H groups in total. The van der Waals surface area contributed by atoms with Gasteiger partial charge < -0.3 is 10.1 Å². The van der Waals surface area contributed by atoms with Crippen LogP contribution in [0.15, 0.2) is 24.4 Å². The first-order valence-corrected chi connectivity index (χ1v) is 10.9. The second kappa shape index (κ2) is 9.79. The SMILES string of the molecule is COc1cc(CCNc2ncc(C#N)c(C[C@@H]3CC[C@H](C)C(C)(C)C3)n2)ccc1C#N. The highest BCUT2D eigenvalue weighted by Crippen LogP contribution is 2.44. The molecule has 1 aromatic carbocycles. The van der Waals surface area contributed by atoms with Crippen LogP contribution in [0.1, 0.15) is 62.4 Å². The number of nitrogens with zero attached hydrogens (tertiary/aromatic N) is 4. The van der Waals surface area contributed by atoms with Gasteiger partial charge in [-0.1, -0.05) is 26.8 Å². The van der Waals surface area contributed by atoms with Gasteiger partial charge in [-0.3, -0.25) is 0 Å². The maximum Gasteiger partial charge on any atom is 0.222 e. The fraction of sp³-hybridized carbons (Fsp3) is 0.520. The zero-order chi connectivity index (χ0) is 22.4. The molecule has 0 aliphatic heterocycles. The second-order valence-electron chi connectivity index (χ2n) is 9.23. The van der Waals surface area contributed by atoms with Crippen molar-refractivity contribution in [1.29, 1.82) is 10.5 Å². The van der Waals surface area contributed by atoms with Gasteiger partial charge in [-0.05, 0) is 67.1 Å². The summed E-state index contributed by atoms with van der Waals surface area (Å²) in [6.45, 7) is 7.68. The summed E-state index contributed by atoms with van der Waals surface area (Å²) in [5.41, 5.74) is 3.33. The zero-order valence-electron chi connectivity index (χ0n) is 18.9. The summed E-state index contributed by atoms with van der Waals surface area (Å²) in [7, 11) is 1.57. The van der Waals surface area contributed by atoms with Crippen molar-refractivity contribution in [2.75, 3.05) is 19.0 Å². The number of methoxy groups -OCH3 is 1. The molecule has 2 aromatic rings. The van der Waals surface area contributed by atoms with Crippen LogP contribution < -0.4 is 10.1 Å². The van der Waals surface area contributed by atoms with Gasteiger partial charge in [0.2, 0.25) is 5.95 Å². The Balaban J connectivity index is 1.64. The monoisotopic (exact) mass is 417 g/mol. The average molecular weight is 418 g/mol. The third-order valence-electron chi connectivity index (χ3n) is 6.71. The fourth-order valence-electron chi connectivity index (χ4n) is 4.42. The molecule has 6 nitrogen and oxygen atoms in total. The van der Waals surface area contributed by atoms with Crippen molar-refractivity contribution >= 4 is 5.95 Å². The van der Waals surface area contributed by atoms with E-state index in [0.717, 1.165) is 36.4 Å². The molecule has 1 saturated carbocycles. The third kappa shape index (κ3) is 5.52. The predicted octanol–water partition coefficient (Wildman–Crippen LogP) is 4.89. The van der Waals surface area contributed by atoms with Crippen LogP contribution in [-0.4, -0.2) is 23.6 Å². The van der Waals surface area contributed by atoms with Gasteiger partial charge in [0.25, 0.3) is 0 Å². The molecule has 31 heavy (non-hydrogen) atoms. The van der Waals surface area contributed by atoms with Gasteiger partial charge in [-0.15, -0.1) is 0 Å². The Bertz CT molecular complexity index is 1000. The largest absolute Gasteiger partial charge is 0.495 e. The Hall–Kier alpha value is -3.12. The first-order chi connectivity index (χ1) is 14.9. The molecule has 1 aliphatic carbocycles. The molecule has 6 heteroatoms. The van der Waals surface area contributed by atoms with Gasteiger partial charge in [0, 0.05) is 6.54 Å². The van der Waals surface area contributed by atoms with E-state index < -0.39 is 0 Å². The molecule has 0 spiro atoms. The van der Waals surface area contributed by atoms with Crippen LogP contribution in [-0.2, 0) is 12.8 Å². The van der Waals surface area contributed by atoms with Gasteiger partial charge in [0.05, 0.1) is 30.1 Å². The molecule has 1 aliphatic rings. The molecular weight excluding hydrogens is 386 g/mol. The minimum atomic E-state index is 0.325. The number of ether oxygens (including phenoxy) is 1. The summed E-state index contributed by atoms with van der Waals surface area (Å²) in [6.07, 6.45) is 6.77. The van der Waals surface area contributed by atoms with Crippen LogP contribution >= 0.6 is 0 Å². The summed E-state index contributed by atoms with van der Waals surface area (Å²) < 4.78 is 5.28. The number of nitrogens with one attached hydrogen (secondary N) is 1. The van der Waals surface area contributed by atoms with E-state index in [9.17, 15) is 5.26 Å². The minimum Gasteiger partial charge on any atom is -0.495 e. The topological polar surface area (TPSA) is 94.6 Å². The molecule has 162 valence electrons. The van der Waals surface area contributed by atoms with Crippen LogP contribution in [0.5, 0.6) is 5.75 Å². The van der Waals surface area contributed by atoms with Crippen molar-refractivity contribution in [3.8, 4) is 17.9 Å². The van der Waals surface area contributed by atoms with Gasteiger partial charge in [0.1, 0.15) is 17.9 Å². The summed E-state index contributed by atoms with van der Waals surface area (Å²) in [5, 5.41) is 21.9. The van der Waals surface area contributed by atoms with Gasteiger partial charge >= 0.3 is 0 Å². The Morgan fingerprint density at radius 3 is 2.65 bits per heavy atom. The summed E-state index contributed by atoms with van der Waals surface area (Å²) in [6, 6.07) is 9.97. The third-order valence-corrected chi connectivity index (χ3v) is 6.71. The molecule has 1 heterocycles. The number of anilines is 1. The number of nitriles is 2. The molecular formula is C25H31N5O. The van der Waals surface area contributed by atoms with Crippen molar-refractivity contribution < 1.29 is 4.74 Å². The molecule has 0 radical (unpaired) electrons. The highest BCUT2D eigenvalue weighted by molar-refractivity contribution is 5.45. The van der Waals surface area contributed by atoms with E-state index in [2.05, 4.69) is 48.2 Å². The Morgan fingerprint density at radius 1 is 1.19 bits per heavy atom. The van der Waals surface area contributed by atoms with E-state index in [4.69, 9.17) is 10.00 Å². The Morgan fingerprint density at radius 2 is 1.97 bits per heavy atom. The molecule has 0 saturated heterocycles. The van der Waals surface area contributed by atoms with Crippen molar-refractivity contribution in [2.24, 2.45) is 17.3 Å². The van der Waals surface area contributed by atoms with Gasteiger partial charge in [-0.2, -0.15) is 10.5 Å². The lowest BCUT2D eigenvalue weighted by molar-refractivity contribution is 0.107. The lowest BCUT2D eigenvalue weighted by atomic mass is 9.65. The molecule has 1 fully saturated rings. The highest BCUT2D eigenvalue weighted by atomic mass is 16.5. The molecule has 0 bridgehead atoms. The first kappa shape index (κ1) is 22.6. The first-order valence-electron chi connectivity index (χ1n) is 10.9. The normalized spacial score (nSPS) is 19.8. The van der Waals surface area contributed by atoms with E-state index in [1.165, 1.54) is 12.8 Å². The quantitative estimate of drug-likeness (QED) is 0.689. The van der Waals surface area contributed by atoms with Gasteiger partial charge in [0.15, 0.2) is 0 Å². The average Bonchev–Trinajstić information content (AvgIpc) is 2.76. The number of aromatic nitrogens is 2. The predicted molar refractivity (Wildman–Crippen MR) is 121 cm³/mol. The number of benzene rings is 1. The number of rotatable bonds is 7. The van der Waals surface area contributed by atoms with Crippen LogP contribution in [0.2, 0.25) is 0 Å². The smallest absolute Gasteiger partial charge is 0.222 e. The number of hydrogen-bond donors (Lipinski definition) is 1. The van der Waals surface area contributed by atoms with Gasteiger partial charge in [-0.25, -0.2) is 9.97 Å². The second-order valence-corrected chi connectivity index (χ2v) is 9.23. The minimum absolute atomic E-state index is 0.325. The van der Waals surface area contributed by atoms with E-state index in [-0.39, 0.29) is 0 Å². The molecule has 3 rings (SSSR count). The summed E-state index contributed by atoms with van der Waals surface area (Å²) in [4.78, 5) is 9.01. The lowest BCUT2D eigenvalue weighted by Gasteiger charge is -2.40. The van der Waals surface area contributed by atoms with Crippen LogP contribution in [0.3, 0.4) is 0 Å². The van der Waals surface area contributed by atoms with Crippen molar-refractivity contribution in [3.05, 3.63) is 46.8 Å².